The summed E-state index contributed by atoms with van der Waals surface area (Å²) in [6.45, 7) is 2.01. The Morgan fingerprint density at radius 3 is 2.29 bits per heavy atom. The summed E-state index contributed by atoms with van der Waals surface area (Å²) in [5.41, 5.74) is 6.35. The largest absolute Gasteiger partial charge is 0.466 e. The van der Waals surface area contributed by atoms with Gasteiger partial charge in [0, 0.05) is 11.6 Å². The molecule has 1 rings (SSSR count). The predicted molar refractivity (Wildman–Crippen MR) is 59.6 cm³/mol. The molecular weight excluding hydrogens is 228 g/mol. The van der Waals surface area contributed by atoms with Crippen molar-refractivity contribution in [3.8, 4) is 0 Å². The van der Waals surface area contributed by atoms with E-state index in [4.69, 9.17) is 10.5 Å². The van der Waals surface area contributed by atoms with Gasteiger partial charge >= 0.3 is 5.97 Å². The summed E-state index contributed by atoms with van der Waals surface area (Å²) in [7, 11) is 0. The van der Waals surface area contributed by atoms with Gasteiger partial charge in [-0.25, -0.2) is 8.78 Å². The molecule has 2 N–H and O–H groups in total. The Labute approximate surface area is 98.6 Å². The van der Waals surface area contributed by atoms with Gasteiger partial charge in [0.2, 0.25) is 0 Å². The lowest BCUT2D eigenvalue weighted by Gasteiger charge is -2.11. The van der Waals surface area contributed by atoms with Crippen molar-refractivity contribution in [1.29, 1.82) is 0 Å². The fourth-order valence-corrected chi connectivity index (χ4v) is 1.41. The number of carbonyl (C=O) groups excluding carboxylic acids is 1. The number of rotatable bonds is 5. The minimum atomic E-state index is -2.50. The second kappa shape index (κ2) is 6.30. The van der Waals surface area contributed by atoms with Crippen molar-refractivity contribution < 1.29 is 18.3 Å². The lowest BCUT2D eigenvalue weighted by atomic mass is 10.0. The molecule has 5 heteroatoms. The molecule has 0 bridgehead atoms. The van der Waals surface area contributed by atoms with Crippen LogP contribution < -0.4 is 5.73 Å². The number of alkyl halides is 2. The van der Waals surface area contributed by atoms with Crippen molar-refractivity contribution in [2.24, 2.45) is 5.73 Å². The van der Waals surface area contributed by atoms with E-state index in [1.807, 2.05) is 0 Å². The van der Waals surface area contributed by atoms with E-state index in [9.17, 15) is 13.6 Å². The van der Waals surface area contributed by atoms with Crippen LogP contribution in [-0.2, 0) is 9.53 Å². The fraction of sp³-hybridized carbons (Fsp3) is 0.417. The van der Waals surface area contributed by atoms with E-state index < -0.39 is 18.4 Å². The molecule has 94 valence electrons. The average Bonchev–Trinajstić information content (AvgIpc) is 2.29. The van der Waals surface area contributed by atoms with Crippen molar-refractivity contribution in [2.75, 3.05) is 6.61 Å². The first kappa shape index (κ1) is 13.6. The van der Waals surface area contributed by atoms with Crippen molar-refractivity contribution in [1.82, 2.24) is 0 Å². The highest BCUT2D eigenvalue weighted by Gasteiger charge is 2.13. The molecule has 1 aromatic carbocycles. The van der Waals surface area contributed by atoms with Gasteiger partial charge in [-0.2, -0.15) is 0 Å². The molecule has 0 aliphatic rings. The highest BCUT2D eigenvalue weighted by atomic mass is 19.3. The fourth-order valence-electron chi connectivity index (χ4n) is 1.41. The summed E-state index contributed by atoms with van der Waals surface area (Å²) in [4.78, 5) is 11.2. The zero-order chi connectivity index (χ0) is 12.8. The third-order valence-corrected chi connectivity index (χ3v) is 2.31. The molecule has 0 fully saturated rings. The van der Waals surface area contributed by atoms with Crippen molar-refractivity contribution >= 4 is 5.97 Å². The quantitative estimate of drug-likeness (QED) is 0.809. The topological polar surface area (TPSA) is 52.3 Å². The molecule has 0 saturated carbocycles. The average molecular weight is 243 g/mol. The zero-order valence-corrected chi connectivity index (χ0v) is 9.53. The molecule has 0 spiro atoms. The summed E-state index contributed by atoms with van der Waals surface area (Å²) < 4.78 is 29.4. The number of hydrogen-bond donors (Lipinski definition) is 1. The third-order valence-electron chi connectivity index (χ3n) is 2.31. The van der Waals surface area contributed by atoms with Crippen LogP contribution in [0.2, 0.25) is 0 Å². The monoisotopic (exact) mass is 243 g/mol. The van der Waals surface area contributed by atoms with E-state index in [0.29, 0.717) is 12.2 Å². The minimum absolute atomic E-state index is 0.0435. The first-order valence-corrected chi connectivity index (χ1v) is 5.33. The highest BCUT2D eigenvalue weighted by molar-refractivity contribution is 5.70. The first-order valence-electron chi connectivity index (χ1n) is 5.33. The van der Waals surface area contributed by atoms with Gasteiger partial charge in [0.15, 0.2) is 0 Å². The third kappa shape index (κ3) is 4.11. The van der Waals surface area contributed by atoms with Crippen LogP contribution in [0.25, 0.3) is 0 Å². The van der Waals surface area contributed by atoms with Gasteiger partial charge in [-0.15, -0.1) is 0 Å². The number of nitrogens with two attached hydrogens (primary N) is 1. The number of ether oxygens (including phenoxy) is 1. The smallest absolute Gasteiger partial charge is 0.307 e. The van der Waals surface area contributed by atoms with Crippen LogP contribution in [0.4, 0.5) is 8.78 Å². The Bertz CT molecular complexity index is 365. The van der Waals surface area contributed by atoms with Crippen LogP contribution in [0.3, 0.4) is 0 Å². The van der Waals surface area contributed by atoms with Crippen molar-refractivity contribution in [3.05, 3.63) is 35.4 Å². The molecule has 17 heavy (non-hydrogen) atoms. The first-order chi connectivity index (χ1) is 8.04. The van der Waals surface area contributed by atoms with E-state index in [-0.39, 0.29) is 12.0 Å². The van der Waals surface area contributed by atoms with E-state index in [2.05, 4.69) is 0 Å². The summed E-state index contributed by atoms with van der Waals surface area (Å²) in [6.07, 6.45) is -2.45. The number of halogens is 2. The molecule has 0 aliphatic heterocycles. The summed E-state index contributed by atoms with van der Waals surface area (Å²) in [6, 6.07) is 5.10. The molecular formula is C12H15F2NO2. The van der Waals surface area contributed by atoms with Crippen molar-refractivity contribution in [2.45, 2.75) is 25.8 Å². The second-order valence-corrected chi connectivity index (χ2v) is 3.58. The SMILES string of the molecule is CCOC(=O)C[C@H](N)c1ccc(C(F)F)cc1. The maximum atomic E-state index is 12.3. The molecule has 3 nitrogen and oxygen atoms in total. The van der Waals surface area contributed by atoms with Gasteiger partial charge in [0.05, 0.1) is 13.0 Å². The molecule has 0 radical (unpaired) electrons. The minimum Gasteiger partial charge on any atom is -0.466 e. The highest BCUT2D eigenvalue weighted by Crippen LogP contribution is 2.21. The van der Waals surface area contributed by atoms with Crippen LogP contribution in [0.1, 0.15) is 36.9 Å². The van der Waals surface area contributed by atoms with E-state index in [1.165, 1.54) is 24.3 Å². The lowest BCUT2D eigenvalue weighted by molar-refractivity contribution is -0.143. The molecule has 0 heterocycles. The van der Waals surface area contributed by atoms with Crippen LogP contribution in [0, 0.1) is 0 Å². The summed E-state index contributed by atoms with van der Waals surface area (Å²) >= 11 is 0. The van der Waals surface area contributed by atoms with Gasteiger partial charge < -0.3 is 10.5 Å². The maximum absolute atomic E-state index is 12.3. The number of esters is 1. The van der Waals surface area contributed by atoms with Gasteiger partial charge in [-0.05, 0) is 12.5 Å². The van der Waals surface area contributed by atoms with Gasteiger partial charge in [-0.1, -0.05) is 24.3 Å². The predicted octanol–water partition coefficient (Wildman–Crippen LogP) is 2.58. The zero-order valence-electron chi connectivity index (χ0n) is 9.53. The second-order valence-electron chi connectivity index (χ2n) is 3.58. The molecule has 0 amide bonds. The maximum Gasteiger partial charge on any atom is 0.307 e. The van der Waals surface area contributed by atoms with Crippen LogP contribution in [-0.4, -0.2) is 12.6 Å². The number of carbonyl (C=O) groups is 1. The Hall–Kier alpha value is -1.49. The Morgan fingerprint density at radius 2 is 1.82 bits per heavy atom. The Kier molecular flexibility index (Phi) is 5.03. The van der Waals surface area contributed by atoms with E-state index >= 15 is 0 Å². The normalized spacial score (nSPS) is 12.5. The van der Waals surface area contributed by atoms with Gasteiger partial charge in [0.1, 0.15) is 0 Å². The molecule has 0 saturated heterocycles. The van der Waals surface area contributed by atoms with Crippen LogP contribution >= 0.6 is 0 Å². The van der Waals surface area contributed by atoms with E-state index in [0.717, 1.165) is 0 Å². The molecule has 0 aliphatic carbocycles. The summed E-state index contributed by atoms with van der Waals surface area (Å²) in [5.74, 6) is -0.391. The van der Waals surface area contributed by atoms with Crippen LogP contribution in [0.15, 0.2) is 24.3 Å². The molecule has 1 atom stereocenters. The summed E-state index contributed by atoms with van der Waals surface area (Å²) in [5, 5.41) is 0. The Balaban J connectivity index is 2.63. The van der Waals surface area contributed by atoms with Gasteiger partial charge in [0.25, 0.3) is 6.43 Å². The standard InChI is InChI=1S/C12H15F2NO2/c1-2-17-11(16)7-10(15)8-3-5-9(6-4-8)12(13)14/h3-6,10,12H,2,7,15H2,1H3/t10-/m0/s1. The molecule has 0 unspecified atom stereocenters. The van der Waals surface area contributed by atoms with E-state index in [1.54, 1.807) is 6.92 Å². The Morgan fingerprint density at radius 1 is 1.29 bits per heavy atom. The number of hydrogen-bond acceptors (Lipinski definition) is 3. The van der Waals surface area contributed by atoms with Crippen LogP contribution in [0.5, 0.6) is 0 Å². The number of benzene rings is 1. The van der Waals surface area contributed by atoms with Gasteiger partial charge in [-0.3, -0.25) is 4.79 Å². The molecule has 1 aromatic rings. The van der Waals surface area contributed by atoms with Crippen molar-refractivity contribution in [3.63, 3.8) is 0 Å². The molecule has 0 aromatic heterocycles. The lowest BCUT2D eigenvalue weighted by Crippen LogP contribution is -2.17.